The molecule has 1 aliphatic carbocycles. The summed E-state index contributed by atoms with van der Waals surface area (Å²) in [6.45, 7) is 1.86. The SMILES string of the molecule is COC(=O)C1=C(C)NC2=C(C(=O)CC(c3ccc(OC)cc3)C2)C1c1ccc(OC)cc1. The molecule has 1 N–H and O–H groups in total. The van der Waals surface area contributed by atoms with Crippen LogP contribution in [0.4, 0.5) is 0 Å². The molecule has 2 aliphatic rings. The number of nitrogens with one attached hydrogen (secondary N) is 1. The zero-order chi connectivity index (χ0) is 22.8. The zero-order valence-electron chi connectivity index (χ0n) is 18.7. The number of methoxy groups -OCH3 is 3. The van der Waals surface area contributed by atoms with E-state index in [0.717, 1.165) is 22.6 Å². The van der Waals surface area contributed by atoms with Crippen LogP contribution in [0.2, 0.25) is 0 Å². The third-order valence-corrected chi connectivity index (χ3v) is 6.27. The summed E-state index contributed by atoms with van der Waals surface area (Å²) in [4.78, 5) is 26.2. The molecule has 2 atom stereocenters. The average molecular weight is 434 g/mol. The van der Waals surface area contributed by atoms with Crippen molar-refractivity contribution in [1.82, 2.24) is 5.32 Å². The molecule has 0 saturated heterocycles. The van der Waals surface area contributed by atoms with E-state index in [1.165, 1.54) is 7.11 Å². The molecule has 2 unspecified atom stereocenters. The summed E-state index contributed by atoms with van der Waals surface area (Å²) in [7, 11) is 4.60. The number of hydrogen-bond donors (Lipinski definition) is 1. The van der Waals surface area contributed by atoms with Crippen molar-refractivity contribution in [2.75, 3.05) is 21.3 Å². The van der Waals surface area contributed by atoms with Crippen LogP contribution in [0.1, 0.15) is 42.7 Å². The van der Waals surface area contributed by atoms with Crippen LogP contribution in [0.3, 0.4) is 0 Å². The van der Waals surface area contributed by atoms with Gasteiger partial charge in [-0.15, -0.1) is 0 Å². The molecule has 4 rings (SSSR count). The van der Waals surface area contributed by atoms with Crippen LogP contribution in [0.5, 0.6) is 11.5 Å². The van der Waals surface area contributed by atoms with Gasteiger partial charge in [-0.25, -0.2) is 4.79 Å². The second-order valence-electron chi connectivity index (χ2n) is 8.06. The molecule has 6 nitrogen and oxygen atoms in total. The van der Waals surface area contributed by atoms with E-state index in [1.54, 1.807) is 14.2 Å². The van der Waals surface area contributed by atoms with Gasteiger partial charge < -0.3 is 19.5 Å². The van der Waals surface area contributed by atoms with Gasteiger partial charge in [0.1, 0.15) is 11.5 Å². The van der Waals surface area contributed by atoms with Gasteiger partial charge in [0.25, 0.3) is 0 Å². The van der Waals surface area contributed by atoms with Crippen molar-refractivity contribution in [3.05, 3.63) is 82.2 Å². The van der Waals surface area contributed by atoms with E-state index < -0.39 is 11.9 Å². The molecule has 0 bridgehead atoms. The lowest BCUT2D eigenvalue weighted by atomic mass is 9.71. The summed E-state index contributed by atoms with van der Waals surface area (Å²) in [5, 5.41) is 3.35. The van der Waals surface area contributed by atoms with Gasteiger partial charge in [-0.3, -0.25) is 4.79 Å². The minimum Gasteiger partial charge on any atom is -0.497 e. The first kappa shape index (κ1) is 21.7. The molecule has 32 heavy (non-hydrogen) atoms. The molecule has 0 fully saturated rings. The summed E-state index contributed by atoms with van der Waals surface area (Å²) >= 11 is 0. The Morgan fingerprint density at radius 3 is 1.97 bits per heavy atom. The molecule has 0 amide bonds. The number of benzene rings is 2. The van der Waals surface area contributed by atoms with Crippen molar-refractivity contribution >= 4 is 11.8 Å². The van der Waals surface area contributed by atoms with Crippen LogP contribution in [0.25, 0.3) is 0 Å². The number of carbonyl (C=O) groups excluding carboxylic acids is 2. The first-order valence-corrected chi connectivity index (χ1v) is 10.6. The van der Waals surface area contributed by atoms with Gasteiger partial charge in [-0.05, 0) is 54.7 Å². The molecule has 166 valence electrons. The van der Waals surface area contributed by atoms with E-state index in [2.05, 4.69) is 5.32 Å². The summed E-state index contributed by atoms with van der Waals surface area (Å²) in [5.74, 6) is 0.679. The van der Waals surface area contributed by atoms with Crippen LogP contribution >= 0.6 is 0 Å². The smallest absolute Gasteiger partial charge is 0.336 e. The highest BCUT2D eigenvalue weighted by molar-refractivity contribution is 6.04. The first-order chi connectivity index (χ1) is 15.5. The Bertz CT molecular complexity index is 1100. The standard InChI is InChI=1S/C26H27NO5/c1-15-23(26(29)32-4)24(17-7-11-20(31-3)12-8-17)25-21(27-15)13-18(14-22(25)28)16-5-9-19(30-2)10-6-16/h5-12,18,24,27H,13-14H2,1-4H3. The Kier molecular flexibility index (Phi) is 6.04. The average Bonchev–Trinajstić information content (AvgIpc) is 2.82. The normalized spacial score (nSPS) is 20.4. The number of dihydropyridines is 1. The molecule has 1 aliphatic heterocycles. The van der Waals surface area contributed by atoms with Gasteiger partial charge in [-0.1, -0.05) is 24.3 Å². The highest BCUT2D eigenvalue weighted by Crippen LogP contribution is 2.46. The van der Waals surface area contributed by atoms with Crippen LogP contribution in [-0.2, 0) is 14.3 Å². The predicted octanol–water partition coefficient (Wildman–Crippen LogP) is 4.24. The van der Waals surface area contributed by atoms with E-state index in [0.29, 0.717) is 35.4 Å². The molecular formula is C26H27NO5. The second kappa shape index (κ2) is 8.91. The summed E-state index contributed by atoms with van der Waals surface area (Å²) in [6, 6.07) is 15.3. The van der Waals surface area contributed by atoms with E-state index >= 15 is 0 Å². The van der Waals surface area contributed by atoms with E-state index in [-0.39, 0.29) is 11.7 Å². The number of ketones is 1. The van der Waals surface area contributed by atoms with E-state index in [9.17, 15) is 9.59 Å². The topological polar surface area (TPSA) is 73.9 Å². The largest absolute Gasteiger partial charge is 0.497 e. The molecule has 0 spiro atoms. The number of carbonyl (C=O) groups is 2. The Hall–Kier alpha value is -3.54. The first-order valence-electron chi connectivity index (χ1n) is 10.6. The number of esters is 1. The Labute approximate surface area is 187 Å². The maximum atomic E-state index is 13.5. The van der Waals surface area contributed by atoms with Crippen LogP contribution in [0, 0.1) is 0 Å². The fourth-order valence-corrected chi connectivity index (χ4v) is 4.66. The summed E-state index contributed by atoms with van der Waals surface area (Å²) in [6.07, 6.45) is 1.07. The van der Waals surface area contributed by atoms with Crippen LogP contribution < -0.4 is 14.8 Å². The number of rotatable bonds is 5. The van der Waals surface area contributed by atoms with Crippen LogP contribution in [-0.4, -0.2) is 33.1 Å². The summed E-state index contributed by atoms with van der Waals surface area (Å²) < 4.78 is 15.6. The van der Waals surface area contributed by atoms with E-state index in [1.807, 2.05) is 55.5 Å². The minimum atomic E-state index is -0.478. The van der Waals surface area contributed by atoms with Gasteiger partial charge in [0.15, 0.2) is 5.78 Å². The molecule has 1 heterocycles. The van der Waals surface area contributed by atoms with Gasteiger partial charge in [0.05, 0.1) is 26.9 Å². The van der Waals surface area contributed by atoms with Crippen molar-refractivity contribution in [3.8, 4) is 11.5 Å². The Morgan fingerprint density at radius 2 is 1.44 bits per heavy atom. The number of ether oxygens (including phenoxy) is 3. The fourth-order valence-electron chi connectivity index (χ4n) is 4.66. The van der Waals surface area contributed by atoms with Gasteiger partial charge >= 0.3 is 5.97 Å². The molecule has 2 aromatic carbocycles. The third kappa shape index (κ3) is 3.88. The second-order valence-corrected chi connectivity index (χ2v) is 8.06. The van der Waals surface area contributed by atoms with Gasteiger partial charge in [0, 0.05) is 29.3 Å². The molecule has 0 aromatic heterocycles. The monoisotopic (exact) mass is 433 g/mol. The predicted molar refractivity (Wildman–Crippen MR) is 121 cm³/mol. The lowest BCUT2D eigenvalue weighted by Gasteiger charge is -2.36. The lowest BCUT2D eigenvalue weighted by molar-refractivity contribution is -0.136. The Balaban J connectivity index is 1.76. The van der Waals surface area contributed by atoms with Crippen molar-refractivity contribution in [2.24, 2.45) is 0 Å². The molecule has 0 saturated carbocycles. The van der Waals surface area contributed by atoms with Gasteiger partial charge in [-0.2, -0.15) is 0 Å². The molecular weight excluding hydrogens is 406 g/mol. The summed E-state index contributed by atoms with van der Waals surface area (Å²) in [5.41, 5.74) is 4.64. The molecule has 2 aromatic rings. The van der Waals surface area contributed by atoms with Crippen LogP contribution in [0.15, 0.2) is 71.1 Å². The van der Waals surface area contributed by atoms with Gasteiger partial charge in [0.2, 0.25) is 0 Å². The molecule has 6 heteroatoms. The lowest BCUT2D eigenvalue weighted by Crippen LogP contribution is -2.36. The van der Waals surface area contributed by atoms with Crippen molar-refractivity contribution < 1.29 is 23.8 Å². The number of Topliss-reactive ketones (excluding diaryl/α,β-unsaturated/α-hetero) is 1. The minimum absolute atomic E-state index is 0.0364. The maximum absolute atomic E-state index is 13.5. The quantitative estimate of drug-likeness (QED) is 0.711. The third-order valence-electron chi connectivity index (χ3n) is 6.27. The maximum Gasteiger partial charge on any atom is 0.336 e. The highest BCUT2D eigenvalue weighted by Gasteiger charge is 2.41. The van der Waals surface area contributed by atoms with Crippen molar-refractivity contribution in [3.63, 3.8) is 0 Å². The highest BCUT2D eigenvalue weighted by atomic mass is 16.5. The number of hydrogen-bond acceptors (Lipinski definition) is 6. The zero-order valence-corrected chi connectivity index (χ0v) is 18.7. The number of allylic oxidation sites excluding steroid dienone is 3. The van der Waals surface area contributed by atoms with E-state index in [4.69, 9.17) is 14.2 Å². The van der Waals surface area contributed by atoms with Crippen molar-refractivity contribution in [2.45, 2.75) is 31.6 Å². The Morgan fingerprint density at radius 1 is 0.875 bits per heavy atom. The molecule has 0 radical (unpaired) electrons. The van der Waals surface area contributed by atoms with Crippen molar-refractivity contribution in [1.29, 1.82) is 0 Å². The fraction of sp³-hybridized carbons (Fsp3) is 0.308.